The van der Waals surface area contributed by atoms with E-state index in [0.717, 1.165) is 23.1 Å². The Hall–Kier alpha value is -0.840. The normalized spacial score (nSPS) is 11.1. The number of rotatable bonds is 4. The first-order chi connectivity index (χ1) is 7.24. The number of H-pyrrole nitrogens is 1. The number of thiophene rings is 1. The van der Waals surface area contributed by atoms with Crippen molar-refractivity contribution in [2.75, 3.05) is 7.05 Å². The molecule has 0 saturated carbocycles. The lowest BCUT2D eigenvalue weighted by Crippen LogP contribution is -2.16. The molecule has 0 radical (unpaired) electrons. The lowest BCUT2D eigenvalue weighted by atomic mass is 10.4. The maximum Gasteiger partial charge on any atom is 0.0931 e. The average molecular weight is 242 g/mol. The summed E-state index contributed by atoms with van der Waals surface area (Å²) in [6.45, 7) is 1.78. The molecule has 5 heteroatoms. The second kappa shape index (κ2) is 4.79. The van der Waals surface area contributed by atoms with Gasteiger partial charge in [-0.3, -0.25) is 4.90 Å². The summed E-state index contributed by atoms with van der Waals surface area (Å²) >= 11 is 7.50. The summed E-state index contributed by atoms with van der Waals surface area (Å²) in [6, 6.07) is 4.00. The smallest absolute Gasteiger partial charge is 0.0931 e. The molecule has 0 spiro atoms. The second-order valence-corrected chi connectivity index (χ2v) is 5.25. The summed E-state index contributed by atoms with van der Waals surface area (Å²) in [7, 11) is 2.08. The maximum absolute atomic E-state index is 5.87. The minimum Gasteiger partial charge on any atom is -0.347 e. The van der Waals surface area contributed by atoms with Crippen molar-refractivity contribution in [1.82, 2.24) is 14.9 Å². The van der Waals surface area contributed by atoms with Crippen LogP contribution in [0.3, 0.4) is 0 Å². The lowest BCUT2D eigenvalue weighted by molar-refractivity contribution is 0.318. The van der Waals surface area contributed by atoms with Gasteiger partial charge in [-0.25, -0.2) is 4.98 Å². The van der Waals surface area contributed by atoms with Crippen LogP contribution in [0, 0.1) is 0 Å². The fourth-order valence-electron chi connectivity index (χ4n) is 1.42. The molecule has 0 saturated heterocycles. The van der Waals surface area contributed by atoms with E-state index in [4.69, 9.17) is 11.6 Å². The molecule has 0 atom stereocenters. The highest BCUT2D eigenvalue weighted by Gasteiger charge is 2.04. The summed E-state index contributed by atoms with van der Waals surface area (Å²) in [5.41, 5.74) is 1.13. The van der Waals surface area contributed by atoms with E-state index < -0.39 is 0 Å². The van der Waals surface area contributed by atoms with Gasteiger partial charge in [0.1, 0.15) is 0 Å². The summed E-state index contributed by atoms with van der Waals surface area (Å²) in [4.78, 5) is 10.6. The van der Waals surface area contributed by atoms with Gasteiger partial charge in [0.15, 0.2) is 0 Å². The standard InChI is InChI=1S/C10H12ClN3S/c1-14(5-8-4-12-7-13-8)6-9-2-3-10(11)15-9/h2-4,7H,5-6H2,1H3,(H,12,13). The molecule has 0 bridgehead atoms. The zero-order valence-electron chi connectivity index (χ0n) is 8.40. The van der Waals surface area contributed by atoms with E-state index in [9.17, 15) is 0 Å². The van der Waals surface area contributed by atoms with E-state index in [0.29, 0.717) is 0 Å². The molecule has 0 aliphatic heterocycles. The van der Waals surface area contributed by atoms with Crippen molar-refractivity contribution in [3.05, 3.63) is 39.6 Å². The van der Waals surface area contributed by atoms with E-state index in [1.807, 2.05) is 12.3 Å². The number of nitrogens with one attached hydrogen (secondary N) is 1. The van der Waals surface area contributed by atoms with Crippen LogP contribution in [-0.2, 0) is 13.1 Å². The number of imidazole rings is 1. The highest BCUT2D eigenvalue weighted by molar-refractivity contribution is 7.16. The Morgan fingerprint density at radius 1 is 1.47 bits per heavy atom. The first-order valence-corrected chi connectivity index (χ1v) is 5.83. The third-order valence-electron chi connectivity index (χ3n) is 2.05. The number of aromatic nitrogens is 2. The summed E-state index contributed by atoms with van der Waals surface area (Å²) in [5.74, 6) is 0. The van der Waals surface area contributed by atoms with Crippen molar-refractivity contribution in [3.63, 3.8) is 0 Å². The van der Waals surface area contributed by atoms with Gasteiger partial charge in [0, 0.05) is 29.9 Å². The van der Waals surface area contributed by atoms with Gasteiger partial charge in [-0.15, -0.1) is 11.3 Å². The van der Waals surface area contributed by atoms with Crippen molar-refractivity contribution < 1.29 is 0 Å². The van der Waals surface area contributed by atoms with Crippen LogP contribution in [0.15, 0.2) is 24.7 Å². The largest absolute Gasteiger partial charge is 0.347 e. The highest BCUT2D eigenvalue weighted by atomic mass is 35.5. The van der Waals surface area contributed by atoms with E-state index in [1.165, 1.54) is 4.88 Å². The molecule has 0 fully saturated rings. The maximum atomic E-state index is 5.87. The van der Waals surface area contributed by atoms with Crippen molar-refractivity contribution in [2.45, 2.75) is 13.1 Å². The predicted molar refractivity (Wildman–Crippen MR) is 63.1 cm³/mol. The monoisotopic (exact) mass is 241 g/mol. The Bertz CT molecular complexity index is 410. The molecular formula is C10H12ClN3S. The third kappa shape index (κ3) is 3.06. The Labute approximate surface area is 97.7 Å². The Kier molecular flexibility index (Phi) is 3.41. The highest BCUT2D eigenvalue weighted by Crippen LogP contribution is 2.22. The van der Waals surface area contributed by atoms with Crippen LogP contribution in [0.1, 0.15) is 10.6 Å². The number of nitrogens with zero attached hydrogens (tertiary/aromatic N) is 2. The molecular weight excluding hydrogens is 230 g/mol. The van der Waals surface area contributed by atoms with Gasteiger partial charge in [0.25, 0.3) is 0 Å². The Morgan fingerprint density at radius 2 is 2.33 bits per heavy atom. The van der Waals surface area contributed by atoms with Crippen molar-refractivity contribution in [2.24, 2.45) is 0 Å². The number of hydrogen-bond acceptors (Lipinski definition) is 3. The van der Waals surface area contributed by atoms with E-state index >= 15 is 0 Å². The zero-order chi connectivity index (χ0) is 10.7. The van der Waals surface area contributed by atoms with Gasteiger partial charge >= 0.3 is 0 Å². The molecule has 0 unspecified atom stereocenters. The molecule has 1 N–H and O–H groups in total. The average Bonchev–Trinajstić information content (AvgIpc) is 2.77. The predicted octanol–water partition coefficient (Wildman–Crippen LogP) is 2.76. The molecule has 3 nitrogen and oxygen atoms in total. The minimum atomic E-state index is 0.847. The quantitative estimate of drug-likeness (QED) is 0.893. The van der Waals surface area contributed by atoms with E-state index in [2.05, 4.69) is 28.0 Å². The van der Waals surface area contributed by atoms with Crippen LogP contribution in [0.5, 0.6) is 0 Å². The summed E-state index contributed by atoms with van der Waals surface area (Å²) < 4.78 is 0.847. The van der Waals surface area contributed by atoms with Gasteiger partial charge in [0.2, 0.25) is 0 Å². The molecule has 2 heterocycles. The fraction of sp³-hybridized carbons (Fsp3) is 0.300. The van der Waals surface area contributed by atoms with E-state index in [1.54, 1.807) is 17.7 Å². The molecule has 2 rings (SSSR count). The molecule has 0 amide bonds. The van der Waals surface area contributed by atoms with Gasteiger partial charge in [-0.2, -0.15) is 0 Å². The first kappa shape index (κ1) is 10.7. The van der Waals surface area contributed by atoms with Crippen LogP contribution in [0.2, 0.25) is 4.34 Å². The molecule has 0 aromatic carbocycles. The van der Waals surface area contributed by atoms with Crippen LogP contribution in [-0.4, -0.2) is 21.9 Å². The fourth-order valence-corrected chi connectivity index (χ4v) is 2.59. The Balaban J connectivity index is 1.90. The van der Waals surface area contributed by atoms with Crippen molar-refractivity contribution >= 4 is 22.9 Å². The first-order valence-electron chi connectivity index (χ1n) is 4.64. The lowest BCUT2D eigenvalue weighted by Gasteiger charge is -2.13. The van der Waals surface area contributed by atoms with Crippen LogP contribution in [0.4, 0.5) is 0 Å². The molecule has 0 aliphatic carbocycles. The molecule has 2 aromatic rings. The van der Waals surface area contributed by atoms with E-state index in [-0.39, 0.29) is 0 Å². The summed E-state index contributed by atoms with van der Waals surface area (Å²) in [6.07, 6.45) is 3.54. The van der Waals surface area contributed by atoms with Crippen LogP contribution >= 0.6 is 22.9 Å². The zero-order valence-corrected chi connectivity index (χ0v) is 9.98. The topological polar surface area (TPSA) is 31.9 Å². The number of hydrogen-bond donors (Lipinski definition) is 1. The van der Waals surface area contributed by atoms with Crippen molar-refractivity contribution in [1.29, 1.82) is 0 Å². The Morgan fingerprint density at radius 3 is 2.93 bits per heavy atom. The molecule has 80 valence electrons. The summed E-state index contributed by atoms with van der Waals surface area (Å²) in [5, 5.41) is 0. The van der Waals surface area contributed by atoms with Gasteiger partial charge in [0.05, 0.1) is 10.7 Å². The number of aromatic amines is 1. The van der Waals surface area contributed by atoms with Gasteiger partial charge < -0.3 is 4.98 Å². The van der Waals surface area contributed by atoms with Crippen LogP contribution in [0.25, 0.3) is 0 Å². The SMILES string of the molecule is CN(Cc1cnc[nH]1)Cc1ccc(Cl)s1. The molecule has 0 aliphatic rings. The van der Waals surface area contributed by atoms with Crippen molar-refractivity contribution in [3.8, 4) is 0 Å². The van der Waals surface area contributed by atoms with Gasteiger partial charge in [-0.05, 0) is 19.2 Å². The molecule has 2 aromatic heterocycles. The minimum absolute atomic E-state index is 0.847. The van der Waals surface area contributed by atoms with Crippen LogP contribution < -0.4 is 0 Å². The number of halogens is 1. The third-order valence-corrected chi connectivity index (χ3v) is 3.27. The van der Waals surface area contributed by atoms with Gasteiger partial charge in [-0.1, -0.05) is 11.6 Å². The second-order valence-electron chi connectivity index (χ2n) is 3.45. The molecule has 15 heavy (non-hydrogen) atoms.